The summed E-state index contributed by atoms with van der Waals surface area (Å²) in [4.78, 5) is 12.8. The largest absolute Gasteiger partial charge is 0.455 e. The average molecular weight is 236 g/mol. The van der Waals surface area contributed by atoms with Crippen molar-refractivity contribution in [3.05, 3.63) is 0 Å². The molecule has 0 aromatic rings. The Labute approximate surface area is 93.7 Å². The van der Waals surface area contributed by atoms with Gasteiger partial charge in [0.15, 0.2) is 6.10 Å². The predicted molar refractivity (Wildman–Crippen MR) is 55.2 cm³/mol. The number of carbonyl (C=O) groups is 1. The average Bonchev–Trinajstić information content (AvgIpc) is 2.20. The van der Waals surface area contributed by atoms with E-state index >= 15 is 0 Å². The quantitative estimate of drug-likeness (QED) is 0.729. The van der Waals surface area contributed by atoms with Crippen molar-refractivity contribution in [2.75, 3.05) is 19.6 Å². The number of hydrogen-bond acceptors (Lipinski definition) is 4. The van der Waals surface area contributed by atoms with E-state index in [4.69, 9.17) is 10.5 Å². The molecule has 0 aliphatic carbocycles. The van der Waals surface area contributed by atoms with Crippen molar-refractivity contribution >= 4 is 5.97 Å². The van der Waals surface area contributed by atoms with Gasteiger partial charge in [-0.15, -0.1) is 0 Å². The number of carbonyl (C=O) groups excluding carboxylic acids is 1. The third kappa shape index (κ3) is 3.12. The topological polar surface area (TPSA) is 55.6 Å². The van der Waals surface area contributed by atoms with Gasteiger partial charge in [-0.2, -0.15) is 0 Å². The molecule has 4 nitrogen and oxygen atoms in total. The molecule has 0 aromatic carbocycles. The summed E-state index contributed by atoms with van der Waals surface area (Å²) >= 11 is 0. The van der Waals surface area contributed by atoms with E-state index in [1.165, 1.54) is 6.92 Å². The molecule has 2 N–H and O–H groups in total. The van der Waals surface area contributed by atoms with Gasteiger partial charge in [-0.3, -0.25) is 9.69 Å². The lowest BCUT2D eigenvalue weighted by molar-refractivity contribution is -0.189. The number of piperidine rings is 1. The molecule has 1 heterocycles. The molecule has 1 rings (SSSR count). The molecular weight excluding hydrogens is 218 g/mol. The smallest absolute Gasteiger partial charge is 0.323 e. The molecule has 1 fully saturated rings. The van der Waals surface area contributed by atoms with Gasteiger partial charge < -0.3 is 10.5 Å². The normalized spacial score (nSPS) is 27.4. The highest BCUT2D eigenvalue weighted by Crippen LogP contribution is 2.29. The van der Waals surface area contributed by atoms with Crippen molar-refractivity contribution in [2.45, 2.75) is 38.3 Å². The monoisotopic (exact) mass is 236 g/mol. The van der Waals surface area contributed by atoms with Crippen molar-refractivity contribution in [2.24, 2.45) is 5.73 Å². The third-order valence-corrected chi connectivity index (χ3v) is 2.69. The number of alkyl halides is 2. The summed E-state index contributed by atoms with van der Waals surface area (Å²) in [5, 5.41) is 0. The zero-order valence-corrected chi connectivity index (χ0v) is 9.58. The second-order valence-electron chi connectivity index (χ2n) is 4.13. The number of halogens is 2. The molecular formula is C10H18F2N2O2. The van der Waals surface area contributed by atoms with Crippen LogP contribution in [0, 0.1) is 0 Å². The maximum atomic E-state index is 13.6. The third-order valence-electron chi connectivity index (χ3n) is 2.69. The van der Waals surface area contributed by atoms with Crippen LogP contribution in [0.3, 0.4) is 0 Å². The highest BCUT2D eigenvalue weighted by Gasteiger charge is 2.46. The summed E-state index contributed by atoms with van der Waals surface area (Å²) in [5.74, 6) is -3.76. The first-order valence-corrected chi connectivity index (χ1v) is 5.43. The minimum absolute atomic E-state index is 0.152. The van der Waals surface area contributed by atoms with E-state index in [9.17, 15) is 13.6 Å². The second-order valence-corrected chi connectivity index (χ2v) is 4.13. The Morgan fingerprint density at radius 2 is 2.31 bits per heavy atom. The summed E-state index contributed by atoms with van der Waals surface area (Å²) in [6.45, 7) is 3.97. The van der Waals surface area contributed by atoms with Crippen molar-refractivity contribution in [3.8, 4) is 0 Å². The molecule has 94 valence electrons. The molecule has 1 saturated heterocycles. The van der Waals surface area contributed by atoms with Gasteiger partial charge in [-0.25, -0.2) is 8.78 Å². The molecule has 1 aliphatic rings. The van der Waals surface area contributed by atoms with E-state index in [1.807, 2.05) is 6.92 Å². The minimum Gasteiger partial charge on any atom is -0.455 e. The molecule has 0 saturated carbocycles. The van der Waals surface area contributed by atoms with Crippen LogP contribution in [-0.4, -0.2) is 48.6 Å². The van der Waals surface area contributed by atoms with Crippen molar-refractivity contribution < 1.29 is 18.3 Å². The number of hydrogen-bond donors (Lipinski definition) is 1. The lowest BCUT2D eigenvalue weighted by Gasteiger charge is -2.37. The fourth-order valence-electron chi connectivity index (χ4n) is 1.65. The number of nitrogens with two attached hydrogens (primary N) is 1. The summed E-state index contributed by atoms with van der Waals surface area (Å²) < 4.78 is 31.9. The molecule has 0 amide bonds. The molecule has 0 aromatic heterocycles. The van der Waals surface area contributed by atoms with Crippen LogP contribution in [0.5, 0.6) is 0 Å². The molecule has 2 atom stereocenters. The highest BCUT2D eigenvalue weighted by atomic mass is 19.3. The van der Waals surface area contributed by atoms with Crippen LogP contribution in [0.2, 0.25) is 0 Å². The van der Waals surface area contributed by atoms with Crippen LogP contribution in [0.1, 0.15) is 20.3 Å². The number of rotatable bonds is 3. The van der Waals surface area contributed by atoms with Crippen molar-refractivity contribution in [3.63, 3.8) is 0 Å². The maximum Gasteiger partial charge on any atom is 0.323 e. The maximum absolute atomic E-state index is 13.6. The number of likely N-dealkylation sites (tertiary alicyclic amines) is 1. The van der Waals surface area contributed by atoms with Gasteiger partial charge in [0.05, 0.1) is 6.54 Å². The number of esters is 1. The molecule has 1 aliphatic heterocycles. The zero-order chi connectivity index (χ0) is 12.3. The van der Waals surface area contributed by atoms with Crippen molar-refractivity contribution in [1.82, 2.24) is 4.90 Å². The summed E-state index contributed by atoms with van der Waals surface area (Å²) in [5.41, 5.74) is 5.27. The van der Waals surface area contributed by atoms with E-state index in [0.717, 1.165) is 0 Å². The Hall–Kier alpha value is -0.750. The van der Waals surface area contributed by atoms with Gasteiger partial charge in [-0.1, -0.05) is 6.92 Å². The Balaban J connectivity index is 2.58. The van der Waals surface area contributed by atoms with Gasteiger partial charge in [0.1, 0.15) is 6.04 Å². The lowest BCUT2D eigenvalue weighted by Crippen LogP contribution is -2.53. The molecule has 1 unspecified atom stereocenters. The lowest BCUT2D eigenvalue weighted by atomic mass is 10.0. The Kier molecular flexibility index (Phi) is 4.21. The molecule has 6 heteroatoms. The SMILES string of the molecule is CCN1CCC(OC(=O)[C@H](C)N)C(F)(F)C1. The van der Waals surface area contributed by atoms with Crippen molar-refractivity contribution in [1.29, 1.82) is 0 Å². The Morgan fingerprint density at radius 1 is 1.69 bits per heavy atom. The van der Waals surface area contributed by atoms with Crippen LogP contribution >= 0.6 is 0 Å². The fraction of sp³-hybridized carbons (Fsp3) is 0.900. The molecule has 0 radical (unpaired) electrons. The molecule has 0 spiro atoms. The fourth-order valence-corrected chi connectivity index (χ4v) is 1.65. The van der Waals surface area contributed by atoms with E-state index in [2.05, 4.69) is 0 Å². The first-order chi connectivity index (χ1) is 7.36. The summed E-state index contributed by atoms with van der Waals surface area (Å²) in [7, 11) is 0. The van der Waals surface area contributed by atoms with E-state index in [0.29, 0.717) is 13.1 Å². The van der Waals surface area contributed by atoms with E-state index in [1.54, 1.807) is 4.90 Å². The van der Waals surface area contributed by atoms with Gasteiger partial charge in [0, 0.05) is 13.0 Å². The number of nitrogens with zero attached hydrogens (tertiary/aromatic N) is 1. The van der Waals surface area contributed by atoms with E-state index in [-0.39, 0.29) is 13.0 Å². The first kappa shape index (κ1) is 13.3. The Morgan fingerprint density at radius 3 is 2.75 bits per heavy atom. The van der Waals surface area contributed by atoms with Crippen LogP contribution in [0.4, 0.5) is 8.78 Å². The highest BCUT2D eigenvalue weighted by molar-refractivity contribution is 5.75. The van der Waals surface area contributed by atoms with Crippen LogP contribution in [0.25, 0.3) is 0 Å². The summed E-state index contributed by atoms with van der Waals surface area (Å²) in [6.07, 6.45) is -1.19. The van der Waals surface area contributed by atoms with Gasteiger partial charge in [0.25, 0.3) is 5.92 Å². The van der Waals surface area contributed by atoms with Crippen LogP contribution in [0.15, 0.2) is 0 Å². The first-order valence-electron chi connectivity index (χ1n) is 5.43. The molecule has 0 bridgehead atoms. The van der Waals surface area contributed by atoms with Gasteiger partial charge >= 0.3 is 5.97 Å². The van der Waals surface area contributed by atoms with Gasteiger partial charge in [0.2, 0.25) is 0 Å². The molecule has 16 heavy (non-hydrogen) atoms. The van der Waals surface area contributed by atoms with E-state index < -0.39 is 24.0 Å². The minimum atomic E-state index is -2.99. The van der Waals surface area contributed by atoms with Crippen LogP contribution < -0.4 is 5.73 Å². The Bertz CT molecular complexity index is 259. The standard InChI is InChI=1S/C10H18F2N2O2/c1-3-14-5-4-8(10(11,12)6-14)16-9(15)7(2)13/h7-8H,3-6,13H2,1-2H3/t7-,8?/m0/s1. The number of ether oxygens (including phenoxy) is 1. The summed E-state index contributed by atoms with van der Waals surface area (Å²) in [6, 6.07) is -0.861. The van der Waals surface area contributed by atoms with Crippen LogP contribution in [-0.2, 0) is 9.53 Å². The second kappa shape index (κ2) is 5.05. The zero-order valence-electron chi connectivity index (χ0n) is 9.58. The predicted octanol–water partition coefficient (Wildman–Crippen LogP) is 0.606. The van der Waals surface area contributed by atoms with Gasteiger partial charge in [-0.05, 0) is 13.5 Å².